The Balaban J connectivity index is 1.68. The summed E-state index contributed by atoms with van der Waals surface area (Å²) in [4.78, 5) is 29.6. The van der Waals surface area contributed by atoms with Crippen molar-refractivity contribution in [2.24, 2.45) is 0 Å². The summed E-state index contributed by atoms with van der Waals surface area (Å²) in [5, 5.41) is 8.42. The number of fused-ring (bicyclic) bond motifs is 1. The maximum Gasteiger partial charge on any atom is 0.343 e. The molecule has 1 fully saturated rings. The molecule has 0 unspecified atom stereocenters. The van der Waals surface area contributed by atoms with E-state index in [1.54, 1.807) is 24.3 Å². The van der Waals surface area contributed by atoms with Gasteiger partial charge >= 0.3 is 5.97 Å². The van der Waals surface area contributed by atoms with Crippen LogP contribution in [0.3, 0.4) is 0 Å². The Hall–Kier alpha value is -3.42. The molecule has 2 heterocycles. The second-order valence-corrected chi connectivity index (χ2v) is 9.08. The van der Waals surface area contributed by atoms with E-state index in [1.165, 1.54) is 7.11 Å². The first-order valence-corrected chi connectivity index (χ1v) is 10.7. The molecule has 0 bridgehead atoms. The molecule has 1 aromatic carbocycles. The highest BCUT2D eigenvalue weighted by molar-refractivity contribution is 6.12. The minimum absolute atomic E-state index is 0.200. The van der Waals surface area contributed by atoms with Gasteiger partial charge in [-0.25, -0.2) is 14.5 Å². The monoisotopic (exact) mass is 436 g/mol. The van der Waals surface area contributed by atoms with Crippen LogP contribution < -0.4 is 10.1 Å². The van der Waals surface area contributed by atoms with Gasteiger partial charge in [-0.05, 0) is 58.7 Å². The number of carbonyl (C=O) groups is 2. The van der Waals surface area contributed by atoms with Gasteiger partial charge < -0.3 is 14.8 Å². The smallest absolute Gasteiger partial charge is 0.343 e. The van der Waals surface area contributed by atoms with Crippen molar-refractivity contribution in [3.63, 3.8) is 0 Å². The molecule has 0 saturated heterocycles. The van der Waals surface area contributed by atoms with Gasteiger partial charge in [0.25, 0.3) is 5.91 Å². The molecule has 0 spiro atoms. The fraction of sp³-hybridized carbons (Fsp3) is 0.417. The lowest BCUT2D eigenvalue weighted by Crippen LogP contribution is -2.23. The predicted molar refractivity (Wildman–Crippen MR) is 121 cm³/mol. The number of hydrogen-bond donors (Lipinski definition) is 1. The molecule has 0 aliphatic heterocycles. The second kappa shape index (κ2) is 8.26. The Morgan fingerprint density at radius 2 is 1.97 bits per heavy atom. The third kappa shape index (κ3) is 4.44. The standard InChI is InChI=1S/C24H28N4O4/c1-14-21-18(12-19(15-9-10-15)26-22(21)28(27-14)24(2,3)4)23(30)25-16-7-6-8-17(11-16)32-13-20(29)31-5/h6-8,11-12,15H,9-10,13H2,1-5H3,(H,25,30). The van der Waals surface area contributed by atoms with Crippen LogP contribution >= 0.6 is 0 Å². The van der Waals surface area contributed by atoms with E-state index >= 15 is 0 Å². The van der Waals surface area contributed by atoms with Gasteiger partial charge in [-0.15, -0.1) is 0 Å². The van der Waals surface area contributed by atoms with E-state index < -0.39 is 5.97 Å². The molecule has 1 saturated carbocycles. The molecule has 0 atom stereocenters. The summed E-state index contributed by atoms with van der Waals surface area (Å²) in [6.45, 7) is 7.92. The maximum absolute atomic E-state index is 13.4. The number of amides is 1. The van der Waals surface area contributed by atoms with Gasteiger partial charge in [0.2, 0.25) is 0 Å². The number of nitrogens with one attached hydrogen (secondary N) is 1. The summed E-state index contributed by atoms with van der Waals surface area (Å²) in [5.74, 6) is 0.145. The lowest BCUT2D eigenvalue weighted by Gasteiger charge is -2.20. The number of ether oxygens (including phenoxy) is 2. The normalized spacial score (nSPS) is 13.8. The van der Waals surface area contributed by atoms with Crippen LogP contribution in [-0.4, -0.2) is 40.4 Å². The molecule has 1 aliphatic rings. The number of pyridine rings is 1. The number of benzene rings is 1. The fourth-order valence-electron chi connectivity index (χ4n) is 3.61. The zero-order chi connectivity index (χ0) is 23.0. The molecule has 8 nitrogen and oxygen atoms in total. The molecular weight excluding hydrogens is 408 g/mol. The molecule has 1 N–H and O–H groups in total. The number of aryl methyl sites for hydroxylation is 1. The van der Waals surface area contributed by atoms with Crippen LogP contribution in [0.4, 0.5) is 5.69 Å². The minimum atomic E-state index is -0.474. The molecule has 2 aromatic heterocycles. The summed E-state index contributed by atoms with van der Waals surface area (Å²) in [5.41, 5.74) is 3.30. The van der Waals surface area contributed by atoms with Gasteiger partial charge in [-0.2, -0.15) is 5.10 Å². The fourth-order valence-corrected chi connectivity index (χ4v) is 3.61. The molecule has 168 valence electrons. The van der Waals surface area contributed by atoms with Crippen molar-refractivity contribution in [3.8, 4) is 5.75 Å². The second-order valence-electron chi connectivity index (χ2n) is 9.08. The predicted octanol–water partition coefficient (Wildman–Crippen LogP) is 4.18. The zero-order valence-electron chi connectivity index (χ0n) is 19.1. The van der Waals surface area contributed by atoms with Crippen molar-refractivity contribution >= 4 is 28.6 Å². The van der Waals surface area contributed by atoms with E-state index in [4.69, 9.17) is 14.8 Å². The Kier molecular flexibility index (Phi) is 5.62. The van der Waals surface area contributed by atoms with E-state index in [0.29, 0.717) is 22.9 Å². The van der Waals surface area contributed by atoms with Crippen molar-refractivity contribution in [1.82, 2.24) is 14.8 Å². The van der Waals surface area contributed by atoms with Crippen molar-refractivity contribution in [3.05, 3.63) is 47.3 Å². The summed E-state index contributed by atoms with van der Waals surface area (Å²) in [6, 6.07) is 8.81. The van der Waals surface area contributed by atoms with Crippen LogP contribution in [0.5, 0.6) is 5.75 Å². The molecule has 3 aromatic rings. The topological polar surface area (TPSA) is 95.3 Å². The number of esters is 1. The Morgan fingerprint density at radius 1 is 1.22 bits per heavy atom. The number of methoxy groups -OCH3 is 1. The largest absolute Gasteiger partial charge is 0.482 e. The average Bonchev–Trinajstić information content (AvgIpc) is 3.54. The quantitative estimate of drug-likeness (QED) is 0.583. The molecule has 32 heavy (non-hydrogen) atoms. The highest BCUT2D eigenvalue weighted by Gasteiger charge is 2.30. The van der Waals surface area contributed by atoms with Gasteiger partial charge in [0.15, 0.2) is 12.3 Å². The number of carbonyl (C=O) groups excluding carboxylic acids is 2. The van der Waals surface area contributed by atoms with Crippen molar-refractivity contribution in [2.75, 3.05) is 19.0 Å². The van der Waals surface area contributed by atoms with E-state index in [0.717, 1.165) is 35.3 Å². The third-order valence-corrected chi connectivity index (χ3v) is 5.38. The SMILES string of the molecule is COC(=O)COc1cccc(NC(=O)c2cc(C3CC3)nc3c2c(C)nn3C(C)(C)C)c1. The first-order chi connectivity index (χ1) is 15.2. The van der Waals surface area contributed by atoms with Crippen molar-refractivity contribution < 1.29 is 19.1 Å². The lowest BCUT2D eigenvalue weighted by atomic mass is 10.1. The van der Waals surface area contributed by atoms with Crippen LogP contribution in [0.2, 0.25) is 0 Å². The molecule has 4 rings (SSSR count). The Morgan fingerprint density at radius 3 is 2.62 bits per heavy atom. The van der Waals surface area contributed by atoms with Crippen LogP contribution in [0.15, 0.2) is 30.3 Å². The molecule has 8 heteroatoms. The van der Waals surface area contributed by atoms with Gasteiger partial charge in [-0.1, -0.05) is 6.07 Å². The highest BCUT2D eigenvalue weighted by Crippen LogP contribution is 2.41. The average molecular weight is 437 g/mol. The van der Waals surface area contributed by atoms with Crippen LogP contribution in [-0.2, 0) is 15.1 Å². The van der Waals surface area contributed by atoms with Gasteiger partial charge in [0.05, 0.1) is 29.3 Å². The minimum Gasteiger partial charge on any atom is -0.482 e. The van der Waals surface area contributed by atoms with Gasteiger partial charge in [0.1, 0.15) is 5.75 Å². The van der Waals surface area contributed by atoms with E-state index in [2.05, 4.69) is 30.8 Å². The molecule has 0 radical (unpaired) electrons. The number of nitrogens with zero attached hydrogens (tertiary/aromatic N) is 3. The summed E-state index contributed by atoms with van der Waals surface area (Å²) < 4.78 is 11.9. The molecule has 1 aliphatic carbocycles. The van der Waals surface area contributed by atoms with Crippen LogP contribution in [0, 0.1) is 6.92 Å². The van der Waals surface area contributed by atoms with Crippen LogP contribution in [0.25, 0.3) is 11.0 Å². The summed E-state index contributed by atoms with van der Waals surface area (Å²) in [6.07, 6.45) is 2.17. The first kappa shape index (κ1) is 21.8. The van der Waals surface area contributed by atoms with E-state index in [9.17, 15) is 9.59 Å². The Labute approximate surface area is 186 Å². The first-order valence-electron chi connectivity index (χ1n) is 10.7. The number of hydrogen-bond acceptors (Lipinski definition) is 6. The van der Waals surface area contributed by atoms with Gasteiger partial charge in [0, 0.05) is 23.4 Å². The molecular formula is C24H28N4O4. The summed E-state index contributed by atoms with van der Waals surface area (Å²) in [7, 11) is 1.30. The third-order valence-electron chi connectivity index (χ3n) is 5.38. The summed E-state index contributed by atoms with van der Waals surface area (Å²) >= 11 is 0. The lowest BCUT2D eigenvalue weighted by molar-refractivity contribution is -0.142. The van der Waals surface area contributed by atoms with Crippen LogP contribution in [0.1, 0.15) is 61.3 Å². The highest BCUT2D eigenvalue weighted by atomic mass is 16.6. The van der Waals surface area contributed by atoms with Crippen molar-refractivity contribution in [1.29, 1.82) is 0 Å². The Bertz CT molecular complexity index is 1190. The maximum atomic E-state index is 13.4. The zero-order valence-corrected chi connectivity index (χ0v) is 19.1. The molecule has 1 amide bonds. The number of aromatic nitrogens is 3. The van der Waals surface area contributed by atoms with E-state index in [-0.39, 0.29) is 18.1 Å². The van der Waals surface area contributed by atoms with Crippen molar-refractivity contribution in [2.45, 2.75) is 52.0 Å². The van der Waals surface area contributed by atoms with Gasteiger partial charge in [-0.3, -0.25) is 4.79 Å². The number of anilines is 1. The van der Waals surface area contributed by atoms with E-state index in [1.807, 2.05) is 17.7 Å². The number of rotatable bonds is 6.